The summed E-state index contributed by atoms with van der Waals surface area (Å²) in [5.74, 6) is 1.24. The first-order valence-electron chi connectivity index (χ1n) is 6.67. The van der Waals surface area contributed by atoms with Crippen molar-refractivity contribution < 1.29 is 4.74 Å². The molecule has 0 aliphatic heterocycles. The highest BCUT2D eigenvalue weighted by atomic mass is 16.5. The lowest BCUT2D eigenvalue weighted by atomic mass is 10.1. The van der Waals surface area contributed by atoms with Gasteiger partial charge in [-0.1, -0.05) is 30.3 Å². The minimum absolute atomic E-state index is 0.418. The third-order valence-corrected chi connectivity index (χ3v) is 3.08. The van der Waals surface area contributed by atoms with Crippen LogP contribution in [0.3, 0.4) is 0 Å². The Labute approximate surface area is 123 Å². The summed E-state index contributed by atoms with van der Waals surface area (Å²) in [7, 11) is 0. The van der Waals surface area contributed by atoms with Crippen molar-refractivity contribution in [2.45, 2.75) is 6.61 Å². The van der Waals surface area contributed by atoms with E-state index in [2.05, 4.69) is 10.2 Å². The molecule has 0 aliphatic carbocycles. The largest absolute Gasteiger partial charge is 0.489 e. The Hall–Kier alpha value is -2.88. The summed E-state index contributed by atoms with van der Waals surface area (Å²) in [4.78, 5) is 0. The summed E-state index contributed by atoms with van der Waals surface area (Å²) >= 11 is 0. The zero-order chi connectivity index (χ0) is 14.5. The predicted octanol–water partition coefficient (Wildman–Crippen LogP) is 3.30. The molecular formula is C17H15N3O. The molecule has 0 unspecified atom stereocenters. The van der Waals surface area contributed by atoms with E-state index in [0.717, 1.165) is 22.6 Å². The topological polar surface area (TPSA) is 61.0 Å². The van der Waals surface area contributed by atoms with Crippen LogP contribution in [-0.2, 0) is 6.61 Å². The number of nitrogens with zero attached hydrogens (tertiary/aromatic N) is 2. The minimum Gasteiger partial charge on any atom is -0.489 e. The van der Waals surface area contributed by atoms with Gasteiger partial charge in [0.05, 0.1) is 5.69 Å². The summed E-state index contributed by atoms with van der Waals surface area (Å²) in [6.45, 7) is 0.557. The van der Waals surface area contributed by atoms with Crippen LogP contribution in [0.25, 0.3) is 11.3 Å². The molecular weight excluding hydrogens is 262 g/mol. The number of rotatable bonds is 4. The molecule has 1 aromatic heterocycles. The molecule has 2 aromatic carbocycles. The Balaban J connectivity index is 1.68. The molecule has 0 radical (unpaired) electrons. The zero-order valence-corrected chi connectivity index (χ0v) is 11.4. The van der Waals surface area contributed by atoms with E-state index < -0.39 is 0 Å². The van der Waals surface area contributed by atoms with Crippen molar-refractivity contribution in [3.05, 3.63) is 72.3 Å². The van der Waals surface area contributed by atoms with Gasteiger partial charge in [-0.05, 0) is 42.0 Å². The highest BCUT2D eigenvalue weighted by molar-refractivity contribution is 5.60. The fourth-order valence-electron chi connectivity index (χ4n) is 1.96. The number of nitrogen functional groups attached to an aromatic ring is 1. The molecule has 0 saturated carbocycles. The number of anilines is 1. The van der Waals surface area contributed by atoms with Gasteiger partial charge in [0.2, 0.25) is 0 Å². The minimum atomic E-state index is 0.418. The number of nitrogens with two attached hydrogens (primary N) is 1. The molecule has 21 heavy (non-hydrogen) atoms. The quantitative estimate of drug-likeness (QED) is 0.794. The van der Waals surface area contributed by atoms with Crippen molar-refractivity contribution in [1.29, 1.82) is 0 Å². The van der Waals surface area contributed by atoms with Crippen LogP contribution < -0.4 is 10.5 Å². The number of hydrogen-bond acceptors (Lipinski definition) is 4. The lowest BCUT2D eigenvalue weighted by molar-refractivity contribution is 0.306. The molecule has 0 fully saturated rings. The maximum Gasteiger partial charge on any atom is 0.146 e. The van der Waals surface area contributed by atoms with Crippen LogP contribution in [0.2, 0.25) is 0 Å². The molecule has 0 saturated heterocycles. The standard InChI is InChI=1S/C17H15N3O/c18-17-11-10-16(19-20-17)14-6-8-15(9-7-14)21-12-13-4-2-1-3-5-13/h1-11H,12H2,(H2,18,20). The molecule has 0 amide bonds. The summed E-state index contributed by atoms with van der Waals surface area (Å²) in [5.41, 5.74) is 8.45. The monoisotopic (exact) mass is 277 g/mol. The molecule has 0 aliphatic rings. The number of benzene rings is 2. The van der Waals surface area contributed by atoms with E-state index in [4.69, 9.17) is 10.5 Å². The van der Waals surface area contributed by atoms with E-state index in [1.165, 1.54) is 0 Å². The summed E-state index contributed by atoms with van der Waals surface area (Å²) < 4.78 is 5.75. The fourth-order valence-corrected chi connectivity index (χ4v) is 1.96. The fraction of sp³-hybridized carbons (Fsp3) is 0.0588. The van der Waals surface area contributed by atoms with Crippen LogP contribution in [0.1, 0.15) is 5.56 Å². The van der Waals surface area contributed by atoms with Gasteiger partial charge in [-0.2, -0.15) is 0 Å². The third kappa shape index (κ3) is 3.36. The second-order valence-corrected chi connectivity index (χ2v) is 4.64. The molecule has 4 heteroatoms. The van der Waals surface area contributed by atoms with E-state index in [1.54, 1.807) is 6.07 Å². The molecule has 0 bridgehead atoms. The first-order chi connectivity index (χ1) is 10.3. The smallest absolute Gasteiger partial charge is 0.146 e. The molecule has 3 rings (SSSR count). The van der Waals surface area contributed by atoms with E-state index in [1.807, 2.05) is 60.7 Å². The molecule has 104 valence electrons. The Morgan fingerprint density at radius 3 is 2.24 bits per heavy atom. The van der Waals surface area contributed by atoms with Crippen molar-refractivity contribution >= 4 is 5.82 Å². The lowest BCUT2D eigenvalue weighted by Crippen LogP contribution is -1.95. The number of hydrogen-bond donors (Lipinski definition) is 1. The highest BCUT2D eigenvalue weighted by Gasteiger charge is 2.01. The Bertz CT molecular complexity index is 694. The first-order valence-corrected chi connectivity index (χ1v) is 6.67. The predicted molar refractivity (Wildman–Crippen MR) is 82.7 cm³/mol. The molecule has 0 spiro atoms. The molecule has 4 nitrogen and oxygen atoms in total. The van der Waals surface area contributed by atoms with Gasteiger partial charge in [-0.3, -0.25) is 0 Å². The van der Waals surface area contributed by atoms with Crippen LogP contribution in [0, 0.1) is 0 Å². The van der Waals surface area contributed by atoms with E-state index in [9.17, 15) is 0 Å². The van der Waals surface area contributed by atoms with Gasteiger partial charge in [0, 0.05) is 5.56 Å². The van der Waals surface area contributed by atoms with Gasteiger partial charge in [0.1, 0.15) is 18.2 Å². The molecule has 3 aromatic rings. The third-order valence-electron chi connectivity index (χ3n) is 3.08. The Morgan fingerprint density at radius 2 is 1.57 bits per heavy atom. The maximum absolute atomic E-state index is 5.75. The Kier molecular flexibility index (Phi) is 3.78. The lowest BCUT2D eigenvalue weighted by Gasteiger charge is -2.07. The van der Waals surface area contributed by atoms with Gasteiger partial charge in [0.15, 0.2) is 0 Å². The van der Waals surface area contributed by atoms with Gasteiger partial charge >= 0.3 is 0 Å². The van der Waals surface area contributed by atoms with Crippen LogP contribution in [0.15, 0.2) is 66.7 Å². The summed E-state index contributed by atoms with van der Waals surface area (Å²) in [6.07, 6.45) is 0. The van der Waals surface area contributed by atoms with E-state index in [0.29, 0.717) is 12.4 Å². The summed E-state index contributed by atoms with van der Waals surface area (Å²) in [6, 6.07) is 21.4. The van der Waals surface area contributed by atoms with Gasteiger partial charge in [-0.25, -0.2) is 0 Å². The van der Waals surface area contributed by atoms with Crippen LogP contribution in [-0.4, -0.2) is 10.2 Å². The highest BCUT2D eigenvalue weighted by Crippen LogP contribution is 2.21. The molecule has 2 N–H and O–H groups in total. The SMILES string of the molecule is Nc1ccc(-c2ccc(OCc3ccccc3)cc2)nn1. The number of ether oxygens (including phenoxy) is 1. The van der Waals surface area contributed by atoms with Crippen molar-refractivity contribution in [3.63, 3.8) is 0 Å². The molecule has 0 atom stereocenters. The molecule has 1 heterocycles. The van der Waals surface area contributed by atoms with Gasteiger partial charge in [0.25, 0.3) is 0 Å². The Morgan fingerprint density at radius 1 is 0.810 bits per heavy atom. The number of aromatic nitrogens is 2. The average molecular weight is 277 g/mol. The average Bonchev–Trinajstić information content (AvgIpc) is 2.55. The second kappa shape index (κ2) is 6.05. The van der Waals surface area contributed by atoms with Crippen molar-refractivity contribution in [2.24, 2.45) is 0 Å². The van der Waals surface area contributed by atoms with Crippen molar-refractivity contribution in [1.82, 2.24) is 10.2 Å². The van der Waals surface area contributed by atoms with Crippen LogP contribution in [0.4, 0.5) is 5.82 Å². The van der Waals surface area contributed by atoms with Gasteiger partial charge in [-0.15, -0.1) is 10.2 Å². The van der Waals surface area contributed by atoms with E-state index in [-0.39, 0.29) is 0 Å². The maximum atomic E-state index is 5.75. The van der Waals surface area contributed by atoms with Gasteiger partial charge < -0.3 is 10.5 Å². The zero-order valence-electron chi connectivity index (χ0n) is 11.4. The summed E-state index contributed by atoms with van der Waals surface area (Å²) in [5, 5.41) is 7.91. The van der Waals surface area contributed by atoms with Crippen LogP contribution in [0.5, 0.6) is 5.75 Å². The second-order valence-electron chi connectivity index (χ2n) is 4.64. The first kappa shape index (κ1) is 13.1. The van der Waals surface area contributed by atoms with Crippen molar-refractivity contribution in [3.8, 4) is 17.0 Å². The van der Waals surface area contributed by atoms with Crippen molar-refractivity contribution in [2.75, 3.05) is 5.73 Å². The van der Waals surface area contributed by atoms with Crippen LogP contribution >= 0.6 is 0 Å². The van der Waals surface area contributed by atoms with E-state index >= 15 is 0 Å². The normalized spacial score (nSPS) is 10.3.